The molecule has 0 spiro atoms. The van der Waals surface area contributed by atoms with Gasteiger partial charge >= 0.3 is 0 Å². The van der Waals surface area contributed by atoms with Crippen LogP contribution in [0, 0.1) is 18.3 Å². The summed E-state index contributed by atoms with van der Waals surface area (Å²) < 4.78 is 0. The van der Waals surface area contributed by atoms with Gasteiger partial charge in [0.15, 0.2) is 0 Å². The van der Waals surface area contributed by atoms with E-state index in [1.165, 1.54) is 13.3 Å². The number of hydrogen-bond donors (Lipinski definition) is 2. The standard InChI is InChI=1S/C17H21N3O2S.C8H18.C2H4O/c1-11-16(23-10-19-11)12-5-6-13(15(21)8-12)9-18-17(22)14-4-3-7-20(14)2;1-6-7(2)8(3,4)5;1-2-3/h5-6,8,10,14,21H,3-4,7,9H2,1-2H3,(H,18,22);7H,6H2,1-5H3;2H,1H3. The van der Waals surface area contributed by atoms with E-state index in [2.05, 4.69) is 49.8 Å². The highest BCUT2D eigenvalue weighted by Crippen LogP contribution is 2.31. The number of likely N-dealkylation sites (N-methyl/N-ethyl adjacent to an activating group) is 1. The fourth-order valence-electron chi connectivity index (χ4n) is 3.59. The molecule has 1 aromatic heterocycles. The fourth-order valence-corrected chi connectivity index (χ4v) is 4.39. The molecule has 1 fully saturated rings. The Kier molecular flexibility index (Phi) is 12.5. The Bertz CT molecular complexity index is 905. The predicted molar refractivity (Wildman–Crippen MR) is 142 cm³/mol. The first kappa shape index (κ1) is 29.8. The van der Waals surface area contributed by atoms with Crippen LogP contribution in [0.2, 0.25) is 0 Å². The maximum Gasteiger partial charge on any atom is 0.237 e. The molecule has 34 heavy (non-hydrogen) atoms. The number of thiazole rings is 1. The number of aromatic hydroxyl groups is 1. The summed E-state index contributed by atoms with van der Waals surface area (Å²) >= 11 is 1.56. The molecule has 6 nitrogen and oxygen atoms in total. The van der Waals surface area contributed by atoms with E-state index in [9.17, 15) is 9.90 Å². The molecule has 0 saturated carbocycles. The van der Waals surface area contributed by atoms with Crippen LogP contribution in [0.5, 0.6) is 5.75 Å². The van der Waals surface area contributed by atoms with Crippen molar-refractivity contribution in [3.05, 3.63) is 35.0 Å². The fraction of sp³-hybridized carbons (Fsp3) is 0.593. The highest BCUT2D eigenvalue weighted by molar-refractivity contribution is 7.13. The van der Waals surface area contributed by atoms with Crippen molar-refractivity contribution in [2.45, 2.75) is 80.3 Å². The Morgan fingerprint density at radius 2 is 2.03 bits per heavy atom. The SMILES string of the molecule is CC=O.CCC(C)C(C)(C)C.Cc1ncsc1-c1ccc(CNC(=O)C2CCCN2C)c(O)c1. The third-order valence-corrected chi connectivity index (χ3v) is 7.44. The Balaban J connectivity index is 0.000000443. The van der Waals surface area contributed by atoms with E-state index in [1.807, 2.05) is 26.1 Å². The zero-order valence-corrected chi connectivity index (χ0v) is 23.0. The number of carbonyl (C=O) groups is 2. The molecule has 7 heteroatoms. The van der Waals surface area contributed by atoms with E-state index >= 15 is 0 Å². The lowest BCUT2D eigenvalue weighted by Crippen LogP contribution is -2.41. The van der Waals surface area contributed by atoms with E-state index in [-0.39, 0.29) is 17.7 Å². The van der Waals surface area contributed by atoms with Crippen molar-refractivity contribution in [2.75, 3.05) is 13.6 Å². The number of aromatic nitrogens is 1. The third-order valence-electron chi connectivity index (χ3n) is 6.46. The van der Waals surface area contributed by atoms with Gasteiger partial charge in [0.05, 0.1) is 22.1 Å². The van der Waals surface area contributed by atoms with Crippen LogP contribution >= 0.6 is 11.3 Å². The maximum atomic E-state index is 12.2. The van der Waals surface area contributed by atoms with Crippen LogP contribution in [0.4, 0.5) is 0 Å². The largest absolute Gasteiger partial charge is 0.508 e. The van der Waals surface area contributed by atoms with Crippen LogP contribution in [0.1, 0.15) is 72.1 Å². The van der Waals surface area contributed by atoms with E-state index in [4.69, 9.17) is 4.79 Å². The number of aryl methyl sites for hydroxylation is 1. The molecular formula is C27H43N3O3S. The van der Waals surface area contributed by atoms with Crippen molar-refractivity contribution < 1.29 is 14.7 Å². The Hall–Kier alpha value is -2.25. The Morgan fingerprint density at radius 1 is 1.38 bits per heavy atom. The quantitative estimate of drug-likeness (QED) is 0.517. The first-order chi connectivity index (χ1) is 16.0. The van der Waals surface area contributed by atoms with Gasteiger partial charge in [-0.15, -0.1) is 11.3 Å². The van der Waals surface area contributed by atoms with Crippen molar-refractivity contribution in [3.8, 4) is 16.2 Å². The lowest BCUT2D eigenvalue weighted by atomic mass is 9.81. The van der Waals surface area contributed by atoms with Gasteiger partial charge in [0, 0.05) is 12.1 Å². The Morgan fingerprint density at radius 3 is 2.44 bits per heavy atom. The molecule has 190 valence electrons. The van der Waals surface area contributed by atoms with Crippen LogP contribution in [0.3, 0.4) is 0 Å². The topological polar surface area (TPSA) is 82.5 Å². The van der Waals surface area contributed by atoms with Gasteiger partial charge in [-0.05, 0) is 63.2 Å². The number of hydrogen-bond acceptors (Lipinski definition) is 6. The van der Waals surface area contributed by atoms with Crippen molar-refractivity contribution in [3.63, 3.8) is 0 Å². The number of nitrogens with zero attached hydrogens (tertiary/aromatic N) is 2. The second-order valence-electron chi connectivity index (χ2n) is 9.88. The van der Waals surface area contributed by atoms with E-state index in [0.29, 0.717) is 12.0 Å². The third kappa shape index (κ3) is 9.18. The molecule has 0 radical (unpaired) electrons. The zero-order chi connectivity index (χ0) is 25.9. The summed E-state index contributed by atoms with van der Waals surface area (Å²) in [6, 6.07) is 5.52. The number of likely N-dealkylation sites (tertiary alicyclic amines) is 1. The van der Waals surface area contributed by atoms with Crippen molar-refractivity contribution >= 4 is 23.5 Å². The van der Waals surface area contributed by atoms with Gasteiger partial charge in [-0.3, -0.25) is 9.69 Å². The van der Waals surface area contributed by atoms with Crippen LogP contribution < -0.4 is 5.32 Å². The minimum atomic E-state index is -0.0451. The molecule has 1 aliphatic heterocycles. The monoisotopic (exact) mass is 489 g/mol. The Labute approximate surface area is 209 Å². The summed E-state index contributed by atoms with van der Waals surface area (Å²) in [7, 11) is 1.97. The number of aldehydes is 1. The van der Waals surface area contributed by atoms with Crippen LogP contribution in [0.25, 0.3) is 10.4 Å². The molecule has 2 atom stereocenters. The molecule has 2 N–H and O–H groups in total. The zero-order valence-electron chi connectivity index (χ0n) is 22.1. The summed E-state index contributed by atoms with van der Waals surface area (Å²) in [5, 5.41) is 13.2. The van der Waals surface area contributed by atoms with Gasteiger partial charge in [0.25, 0.3) is 0 Å². The normalized spacial score (nSPS) is 16.5. The second-order valence-corrected chi connectivity index (χ2v) is 10.7. The summed E-state index contributed by atoms with van der Waals surface area (Å²) in [6.45, 7) is 16.1. The highest BCUT2D eigenvalue weighted by Gasteiger charge is 2.27. The maximum absolute atomic E-state index is 12.2. The average molecular weight is 490 g/mol. The molecule has 1 aliphatic rings. The minimum absolute atomic E-state index is 0.0341. The average Bonchev–Trinajstić information content (AvgIpc) is 3.40. The number of phenols is 1. The summed E-state index contributed by atoms with van der Waals surface area (Å²) in [5.41, 5.74) is 4.95. The highest BCUT2D eigenvalue weighted by atomic mass is 32.1. The van der Waals surface area contributed by atoms with Crippen LogP contribution in [0.15, 0.2) is 23.7 Å². The summed E-state index contributed by atoms with van der Waals surface area (Å²) in [6.07, 6.45) is 4.00. The lowest BCUT2D eigenvalue weighted by Gasteiger charge is -2.25. The number of phenolic OH excluding ortho intramolecular Hbond substituents is 1. The second kappa shape index (κ2) is 14.2. The van der Waals surface area contributed by atoms with Crippen molar-refractivity contribution in [1.29, 1.82) is 0 Å². The molecule has 3 rings (SSSR count). The predicted octanol–water partition coefficient (Wildman–Crippen LogP) is 5.82. The summed E-state index contributed by atoms with van der Waals surface area (Å²) in [5.74, 6) is 1.09. The molecule has 2 unspecified atom stereocenters. The van der Waals surface area contributed by atoms with Gasteiger partial charge in [-0.25, -0.2) is 4.98 Å². The molecular weight excluding hydrogens is 446 g/mol. The number of amides is 1. The van der Waals surface area contributed by atoms with Crippen LogP contribution in [-0.2, 0) is 16.1 Å². The first-order valence-electron chi connectivity index (χ1n) is 12.1. The van der Waals surface area contributed by atoms with E-state index in [1.54, 1.807) is 22.9 Å². The minimum Gasteiger partial charge on any atom is -0.508 e. The lowest BCUT2D eigenvalue weighted by molar-refractivity contribution is -0.125. The van der Waals surface area contributed by atoms with Gasteiger partial charge < -0.3 is 15.2 Å². The molecule has 2 heterocycles. The molecule has 1 aromatic carbocycles. The van der Waals surface area contributed by atoms with Gasteiger partial charge in [0.1, 0.15) is 12.0 Å². The molecule has 1 amide bonds. The van der Waals surface area contributed by atoms with Gasteiger partial charge in [-0.2, -0.15) is 0 Å². The number of rotatable bonds is 5. The molecule has 1 saturated heterocycles. The number of benzene rings is 1. The number of nitrogens with one attached hydrogen (secondary N) is 1. The van der Waals surface area contributed by atoms with E-state index in [0.717, 1.165) is 53.3 Å². The number of carbonyl (C=O) groups excluding carboxylic acids is 2. The summed E-state index contributed by atoms with van der Waals surface area (Å²) in [4.78, 5) is 28.4. The van der Waals surface area contributed by atoms with Crippen molar-refractivity contribution in [1.82, 2.24) is 15.2 Å². The van der Waals surface area contributed by atoms with Crippen LogP contribution in [-0.4, -0.2) is 46.8 Å². The first-order valence-corrected chi connectivity index (χ1v) is 12.9. The van der Waals surface area contributed by atoms with Gasteiger partial charge in [0.2, 0.25) is 5.91 Å². The smallest absolute Gasteiger partial charge is 0.237 e. The molecule has 0 bridgehead atoms. The molecule has 0 aliphatic carbocycles. The van der Waals surface area contributed by atoms with Gasteiger partial charge in [-0.1, -0.05) is 53.2 Å². The molecule has 2 aromatic rings. The van der Waals surface area contributed by atoms with E-state index < -0.39 is 0 Å². The van der Waals surface area contributed by atoms with Crippen molar-refractivity contribution in [2.24, 2.45) is 11.3 Å².